The maximum Gasteiger partial charge on any atom is 0.416 e. The fraction of sp³-hybridized carbons (Fsp3) is 0.562. The van der Waals surface area contributed by atoms with Crippen LogP contribution >= 0.6 is 0 Å². The van der Waals surface area contributed by atoms with Crippen molar-refractivity contribution in [2.45, 2.75) is 52.6 Å². The summed E-state index contributed by atoms with van der Waals surface area (Å²) in [5.41, 5.74) is -0.120. The lowest BCUT2D eigenvalue weighted by molar-refractivity contribution is -0.140. The van der Waals surface area contributed by atoms with Crippen LogP contribution in [0.5, 0.6) is 0 Å². The van der Waals surface area contributed by atoms with Crippen LogP contribution in [0.3, 0.4) is 0 Å². The molecule has 0 unspecified atom stereocenters. The van der Waals surface area contributed by atoms with E-state index in [1.807, 2.05) is 13.8 Å². The second-order valence-corrected chi connectivity index (χ2v) is 6.53. The molecule has 0 atom stereocenters. The second-order valence-electron chi connectivity index (χ2n) is 6.53. The van der Waals surface area contributed by atoms with Crippen molar-refractivity contribution in [1.82, 2.24) is 0 Å². The van der Waals surface area contributed by atoms with Gasteiger partial charge in [0.2, 0.25) is 0 Å². The predicted molar refractivity (Wildman–Crippen MR) is 75.3 cm³/mol. The van der Waals surface area contributed by atoms with E-state index in [1.54, 1.807) is 19.9 Å². The van der Waals surface area contributed by atoms with Gasteiger partial charge in [-0.2, -0.15) is 13.2 Å². The van der Waals surface area contributed by atoms with Gasteiger partial charge in [-0.1, -0.05) is 33.8 Å². The molecule has 1 N–H and O–H groups in total. The van der Waals surface area contributed by atoms with Gasteiger partial charge in [-0.3, -0.25) is 4.79 Å². The van der Waals surface area contributed by atoms with Crippen LogP contribution in [0.1, 0.15) is 56.7 Å². The van der Waals surface area contributed by atoms with E-state index >= 15 is 0 Å². The number of aliphatic carboxylic acids is 1. The fourth-order valence-electron chi connectivity index (χ4n) is 2.34. The van der Waals surface area contributed by atoms with E-state index in [-0.39, 0.29) is 12.3 Å². The number of halogens is 3. The van der Waals surface area contributed by atoms with Gasteiger partial charge in [0.25, 0.3) is 0 Å². The summed E-state index contributed by atoms with van der Waals surface area (Å²) in [5.74, 6) is -0.968. The Balaban J connectivity index is 3.17. The molecule has 0 aliphatic heterocycles. The van der Waals surface area contributed by atoms with Crippen LogP contribution < -0.4 is 0 Å². The summed E-state index contributed by atoms with van der Waals surface area (Å²) in [7, 11) is 0. The molecule has 2 nitrogen and oxygen atoms in total. The normalized spacial score (nSPS) is 12.8. The molecule has 0 saturated carbocycles. The molecule has 0 aliphatic rings. The van der Waals surface area contributed by atoms with Crippen LogP contribution in [0, 0.1) is 5.41 Å². The first kappa shape index (κ1) is 17.5. The Morgan fingerprint density at radius 2 is 1.76 bits per heavy atom. The standard InChI is InChI=1S/C16H21F3O2/c1-10(2)12-5-11(6-13(7-12)16(17,18)19)8-15(3,4)9-14(20)21/h5-7,10H,8-9H2,1-4H3,(H,20,21). The van der Waals surface area contributed by atoms with Crippen molar-refractivity contribution in [3.05, 3.63) is 34.9 Å². The van der Waals surface area contributed by atoms with Crippen molar-refractivity contribution in [2.75, 3.05) is 0 Å². The highest BCUT2D eigenvalue weighted by Crippen LogP contribution is 2.34. The van der Waals surface area contributed by atoms with Gasteiger partial charge >= 0.3 is 12.1 Å². The lowest BCUT2D eigenvalue weighted by Gasteiger charge is -2.24. The smallest absolute Gasteiger partial charge is 0.416 e. The Kier molecular flexibility index (Phi) is 5.07. The summed E-state index contributed by atoms with van der Waals surface area (Å²) in [6.07, 6.45) is -4.18. The van der Waals surface area contributed by atoms with Crippen LogP contribution in [0.2, 0.25) is 0 Å². The number of benzene rings is 1. The van der Waals surface area contributed by atoms with Gasteiger partial charge in [0.05, 0.1) is 12.0 Å². The largest absolute Gasteiger partial charge is 0.481 e. The molecule has 0 aliphatic carbocycles. The highest BCUT2D eigenvalue weighted by Gasteiger charge is 2.32. The number of carbonyl (C=O) groups is 1. The minimum atomic E-state index is -4.39. The number of alkyl halides is 3. The first-order chi connectivity index (χ1) is 9.40. The van der Waals surface area contributed by atoms with E-state index in [2.05, 4.69) is 0 Å². The third-order valence-electron chi connectivity index (χ3n) is 3.32. The van der Waals surface area contributed by atoms with Gasteiger partial charge in [-0.05, 0) is 41.0 Å². The molecule has 5 heteroatoms. The van der Waals surface area contributed by atoms with Crippen molar-refractivity contribution in [3.8, 4) is 0 Å². The monoisotopic (exact) mass is 302 g/mol. The van der Waals surface area contributed by atoms with Gasteiger partial charge in [0.15, 0.2) is 0 Å². The number of rotatable bonds is 5. The molecule has 0 amide bonds. The van der Waals surface area contributed by atoms with Crippen LogP contribution in [-0.2, 0) is 17.4 Å². The molecule has 0 spiro atoms. The molecule has 21 heavy (non-hydrogen) atoms. The second kappa shape index (κ2) is 6.08. The third-order valence-corrected chi connectivity index (χ3v) is 3.32. The maximum absolute atomic E-state index is 13.0. The van der Waals surface area contributed by atoms with Crippen LogP contribution in [-0.4, -0.2) is 11.1 Å². The summed E-state index contributed by atoms with van der Waals surface area (Å²) in [4.78, 5) is 10.8. The van der Waals surface area contributed by atoms with Gasteiger partial charge in [0.1, 0.15) is 0 Å². The summed E-state index contributed by atoms with van der Waals surface area (Å²) in [6, 6.07) is 4.03. The molecule has 0 radical (unpaired) electrons. The summed E-state index contributed by atoms with van der Waals surface area (Å²) < 4.78 is 38.9. The highest BCUT2D eigenvalue weighted by molar-refractivity contribution is 5.67. The van der Waals surface area contributed by atoms with Gasteiger partial charge in [0, 0.05) is 0 Å². The Morgan fingerprint density at radius 1 is 1.19 bits per heavy atom. The predicted octanol–water partition coefficient (Wildman–Crippen LogP) is 4.87. The van der Waals surface area contributed by atoms with Crippen LogP contribution in [0.15, 0.2) is 18.2 Å². The van der Waals surface area contributed by atoms with Crippen LogP contribution in [0.4, 0.5) is 13.2 Å². The molecule has 0 saturated heterocycles. The first-order valence-electron chi connectivity index (χ1n) is 6.83. The molecule has 0 bridgehead atoms. The Morgan fingerprint density at radius 3 is 2.19 bits per heavy atom. The minimum absolute atomic E-state index is 0.0198. The molecule has 1 aromatic carbocycles. The van der Waals surface area contributed by atoms with Crippen molar-refractivity contribution in [3.63, 3.8) is 0 Å². The summed E-state index contributed by atoms with van der Waals surface area (Å²) in [5, 5.41) is 8.87. The Hall–Kier alpha value is -1.52. The lowest BCUT2D eigenvalue weighted by Crippen LogP contribution is -2.20. The van der Waals surface area contributed by atoms with Crippen molar-refractivity contribution in [1.29, 1.82) is 0 Å². The van der Waals surface area contributed by atoms with Crippen molar-refractivity contribution in [2.24, 2.45) is 5.41 Å². The number of carboxylic acids is 1. The van der Waals surface area contributed by atoms with Gasteiger partial charge in [-0.25, -0.2) is 0 Å². The topological polar surface area (TPSA) is 37.3 Å². The van der Waals surface area contributed by atoms with E-state index in [0.29, 0.717) is 17.5 Å². The van der Waals surface area contributed by atoms with E-state index in [4.69, 9.17) is 5.11 Å². The van der Waals surface area contributed by atoms with E-state index in [0.717, 1.165) is 6.07 Å². The van der Waals surface area contributed by atoms with Gasteiger partial charge < -0.3 is 5.11 Å². The molecular formula is C16H21F3O2. The molecule has 0 heterocycles. The molecule has 0 aromatic heterocycles. The zero-order valence-corrected chi connectivity index (χ0v) is 12.7. The zero-order valence-electron chi connectivity index (χ0n) is 12.7. The van der Waals surface area contributed by atoms with Crippen LogP contribution in [0.25, 0.3) is 0 Å². The number of carboxylic acid groups (broad SMARTS) is 1. The zero-order chi connectivity index (χ0) is 16.4. The Labute approximate surface area is 123 Å². The minimum Gasteiger partial charge on any atom is -0.481 e. The third kappa shape index (κ3) is 5.40. The Bertz CT molecular complexity index is 517. The van der Waals surface area contributed by atoms with E-state index < -0.39 is 23.1 Å². The maximum atomic E-state index is 13.0. The van der Waals surface area contributed by atoms with Gasteiger partial charge in [-0.15, -0.1) is 0 Å². The first-order valence-corrected chi connectivity index (χ1v) is 6.83. The highest BCUT2D eigenvalue weighted by atomic mass is 19.4. The number of hydrogen-bond donors (Lipinski definition) is 1. The number of hydrogen-bond acceptors (Lipinski definition) is 1. The fourth-order valence-corrected chi connectivity index (χ4v) is 2.34. The average molecular weight is 302 g/mol. The molecule has 118 valence electrons. The van der Waals surface area contributed by atoms with Crippen molar-refractivity contribution < 1.29 is 23.1 Å². The average Bonchev–Trinajstić information content (AvgIpc) is 2.24. The summed E-state index contributed by atoms with van der Waals surface area (Å²) >= 11 is 0. The molecule has 1 aromatic rings. The van der Waals surface area contributed by atoms with E-state index in [1.165, 1.54) is 6.07 Å². The molecular weight excluding hydrogens is 281 g/mol. The lowest BCUT2D eigenvalue weighted by atomic mass is 9.81. The van der Waals surface area contributed by atoms with Crippen molar-refractivity contribution >= 4 is 5.97 Å². The molecule has 1 rings (SSSR count). The summed E-state index contributed by atoms with van der Waals surface area (Å²) in [6.45, 7) is 7.16. The quantitative estimate of drug-likeness (QED) is 0.842. The SMILES string of the molecule is CC(C)c1cc(CC(C)(C)CC(=O)O)cc(C(F)(F)F)c1. The molecule has 0 fully saturated rings. The van der Waals surface area contributed by atoms with E-state index in [9.17, 15) is 18.0 Å².